The number of aromatic nitrogens is 1. The van der Waals surface area contributed by atoms with Crippen LogP contribution in [0.3, 0.4) is 0 Å². The lowest BCUT2D eigenvalue weighted by molar-refractivity contribution is -0.384. The van der Waals surface area contributed by atoms with Crippen LogP contribution in [0.1, 0.15) is 49.3 Å². The molecule has 150 valence electrons. The summed E-state index contributed by atoms with van der Waals surface area (Å²) in [7, 11) is 0. The first-order valence-corrected chi connectivity index (χ1v) is 10.5. The third kappa shape index (κ3) is 4.27. The van der Waals surface area contributed by atoms with Gasteiger partial charge in [0.15, 0.2) is 0 Å². The number of hydrogen-bond acceptors (Lipinski definition) is 5. The first-order chi connectivity index (χ1) is 14.0. The molecule has 1 aromatic carbocycles. The molecule has 4 rings (SSSR count). The van der Waals surface area contributed by atoms with Crippen LogP contribution in [0.2, 0.25) is 0 Å². The van der Waals surface area contributed by atoms with Crippen LogP contribution < -0.4 is 0 Å². The highest BCUT2D eigenvalue weighted by atomic mass is 32.2. The van der Waals surface area contributed by atoms with E-state index in [1.54, 1.807) is 18.2 Å². The fourth-order valence-electron chi connectivity index (χ4n) is 3.82. The van der Waals surface area contributed by atoms with Crippen LogP contribution in [0.4, 0.5) is 10.5 Å². The Kier molecular flexibility index (Phi) is 5.53. The maximum absolute atomic E-state index is 12.7. The predicted molar refractivity (Wildman–Crippen MR) is 111 cm³/mol. The van der Waals surface area contributed by atoms with E-state index in [1.165, 1.54) is 49.1 Å². The Hall–Kier alpha value is -2.87. The summed E-state index contributed by atoms with van der Waals surface area (Å²) in [4.78, 5) is 36.9. The third-order valence-electron chi connectivity index (χ3n) is 5.39. The Bertz CT molecular complexity index is 974. The number of thioether (sulfide) groups is 1. The molecule has 2 aliphatic rings. The van der Waals surface area contributed by atoms with E-state index in [1.807, 2.05) is 18.5 Å². The molecule has 0 unspecified atom stereocenters. The van der Waals surface area contributed by atoms with Gasteiger partial charge in [-0.25, -0.2) is 0 Å². The molecule has 2 fully saturated rings. The number of carbonyl (C=O) groups excluding carboxylic acids is 2. The number of amides is 2. The van der Waals surface area contributed by atoms with Gasteiger partial charge in [0.1, 0.15) is 0 Å². The number of carbonyl (C=O) groups is 2. The molecule has 1 aliphatic carbocycles. The van der Waals surface area contributed by atoms with Gasteiger partial charge in [-0.3, -0.25) is 24.6 Å². The highest BCUT2D eigenvalue weighted by molar-refractivity contribution is 8.18. The average Bonchev–Trinajstić information content (AvgIpc) is 3.30. The summed E-state index contributed by atoms with van der Waals surface area (Å²) in [6, 6.07) is 8.36. The van der Waals surface area contributed by atoms with Crippen molar-refractivity contribution in [3.05, 3.63) is 68.9 Å². The quantitative estimate of drug-likeness (QED) is 0.386. The van der Waals surface area contributed by atoms with Crippen LogP contribution in [-0.4, -0.2) is 25.5 Å². The second-order valence-electron chi connectivity index (χ2n) is 7.38. The van der Waals surface area contributed by atoms with Crippen LogP contribution in [0.15, 0.2) is 47.6 Å². The van der Waals surface area contributed by atoms with E-state index in [0.29, 0.717) is 16.5 Å². The maximum atomic E-state index is 12.7. The largest absolute Gasteiger partial charge is 0.351 e. The molecule has 0 radical (unpaired) electrons. The minimum atomic E-state index is -0.480. The van der Waals surface area contributed by atoms with Crippen molar-refractivity contribution in [2.45, 2.75) is 44.7 Å². The summed E-state index contributed by atoms with van der Waals surface area (Å²) >= 11 is 0.930. The highest BCUT2D eigenvalue weighted by Crippen LogP contribution is 2.34. The zero-order valence-corrected chi connectivity index (χ0v) is 16.6. The fourth-order valence-corrected chi connectivity index (χ4v) is 4.65. The molecular weight excluding hydrogens is 390 g/mol. The molecule has 2 heterocycles. The molecule has 8 heteroatoms. The second-order valence-corrected chi connectivity index (χ2v) is 8.37. The molecule has 7 nitrogen and oxygen atoms in total. The summed E-state index contributed by atoms with van der Waals surface area (Å²) in [6.45, 7) is 0.100. The van der Waals surface area contributed by atoms with E-state index in [-0.39, 0.29) is 23.4 Å². The van der Waals surface area contributed by atoms with Crippen molar-refractivity contribution in [2.75, 3.05) is 0 Å². The summed E-state index contributed by atoms with van der Waals surface area (Å²) in [5, 5.41) is 10.4. The monoisotopic (exact) mass is 411 g/mol. The topological polar surface area (TPSA) is 85.5 Å². The lowest BCUT2D eigenvalue weighted by Crippen LogP contribution is -2.27. The molecule has 0 N–H and O–H groups in total. The molecule has 1 saturated carbocycles. The molecule has 0 spiro atoms. The Balaban J connectivity index is 1.46. The van der Waals surface area contributed by atoms with Gasteiger partial charge < -0.3 is 4.57 Å². The van der Waals surface area contributed by atoms with E-state index >= 15 is 0 Å². The number of hydrogen-bond donors (Lipinski definition) is 0. The lowest BCUT2D eigenvalue weighted by atomic mass is 9.95. The third-order valence-corrected chi connectivity index (χ3v) is 6.30. The van der Waals surface area contributed by atoms with Crippen molar-refractivity contribution in [3.8, 4) is 0 Å². The van der Waals surface area contributed by atoms with Gasteiger partial charge in [0, 0.05) is 30.6 Å². The number of imide groups is 1. The number of nitrogens with zero attached hydrogens (tertiary/aromatic N) is 3. The van der Waals surface area contributed by atoms with E-state index < -0.39 is 4.92 Å². The molecule has 2 amide bonds. The summed E-state index contributed by atoms with van der Waals surface area (Å²) in [6.07, 6.45) is 12.0. The molecule has 1 aromatic heterocycles. The zero-order valence-electron chi connectivity index (χ0n) is 15.8. The molecule has 2 aromatic rings. The Morgan fingerprint density at radius 3 is 2.52 bits per heavy atom. The normalized spacial score (nSPS) is 19.3. The maximum Gasteiger partial charge on any atom is 0.293 e. The van der Waals surface area contributed by atoms with Crippen LogP contribution in [0.25, 0.3) is 6.08 Å². The fraction of sp³-hybridized carbons (Fsp3) is 0.333. The van der Waals surface area contributed by atoms with Gasteiger partial charge in [-0.2, -0.15) is 0 Å². The lowest BCUT2D eigenvalue weighted by Gasteiger charge is -2.23. The smallest absolute Gasteiger partial charge is 0.293 e. The average molecular weight is 411 g/mol. The summed E-state index contributed by atoms with van der Waals surface area (Å²) in [5.41, 5.74) is 1.56. The van der Waals surface area contributed by atoms with Gasteiger partial charge in [0.2, 0.25) is 0 Å². The SMILES string of the molecule is O=C1S/C(=C/c2ccn(C3CCCCC3)c2)C(=O)N1Cc1ccc([N+](=O)[O-])cc1. The van der Waals surface area contributed by atoms with E-state index in [2.05, 4.69) is 4.57 Å². The number of nitro benzene ring substituents is 1. The minimum Gasteiger partial charge on any atom is -0.351 e. The first kappa shape index (κ1) is 19.4. The number of non-ortho nitro benzene ring substituents is 1. The number of nitro groups is 1. The predicted octanol–water partition coefficient (Wildman–Crippen LogP) is 5.14. The van der Waals surface area contributed by atoms with Gasteiger partial charge in [0.05, 0.1) is 16.4 Å². The minimum absolute atomic E-state index is 0.0229. The van der Waals surface area contributed by atoms with E-state index in [9.17, 15) is 19.7 Å². The van der Waals surface area contributed by atoms with E-state index in [4.69, 9.17) is 0 Å². The van der Waals surface area contributed by atoms with Crippen molar-refractivity contribution in [2.24, 2.45) is 0 Å². The van der Waals surface area contributed by atoms with Crippen LogP contribution in [0, 0.1) is 10.1 Å². The molecule has 29 heavy (non-hydrogen) atoms. The summed E-state index contributed by atoms with van der Waals surface area (Å²) < 4.78 is 2.21. The summed E-state index contributed by atoms with van der Waals surface area (Å²) in [5.74, 6) is -0.330. The Labute approximate surface area is 172 Å². The van der Waals surface area contributed by atoms with E-state index in [0.717, 1.165) is 17.3 Å². The standard InChI is InChI=1S/C21H21N3O4S/c25-20-19(12-16-10-11-22(13-16)17-4-2-1-3-5-17)29-21(26)23(20)14-15-6-8-18(9-7-15)24(27)28/h6-13,17H,1-5,14H2/b19-12+. The first-order valence-electron chi connectivity index (χ1n) is 9.67. The van der Waals surface area contributed by atoms with Crippen molar-refractivity contribution in [1.29, 1.82) is 0 Å². The van der Waals surface area contributed by atoms with Gasteiger partial charge in [-0.1, -0.05) is 31.4 Å². The van der Waals surface area contributed by atoms with Crippen LogP contribution in [0.5, 0.6) is 0 Å². The van der Waals surface area contributed by atoms with Gasteiger partial charge in [-0.05, 0) is 47.9 Å². The second kappa shape index (κ2) is 8.24. The molecule has 1 aliphatic heterocycles. The van der Waals surface area contributed by atoms with Gasteiger partial charge in [-0.15, -0.1) is 0 Å². The van der Waals surface area contributed by atoms with Gasteiger partial charge in [0.25, 0.3) is 16.8 Å². The van der Waals surface area contributed by atoms with Crippen molar-refractivity contribution in [3.63, 3.8) is 0 Å². The zero-order chi connectivity index (χ0) is 20.4. The number of rotatable bonds is 5. The van der Waals surface area contributed by atoms with Crippen LogP contribution in [-0.2, 0) is 11.3 Å². The number of benzene rings is 1. The molecule has 0 bridgehead atoms. The van der Waals surface area contributed by atoms with Crippen LogP contribution >= 0.6 is 11.8 Å². The molecular formula is C21H21N3O4S. The van der Waals surface area contributed by atoms with Crippen molar-refractivity contribution in [1.82, 2.24) is 9.47 Å². The van der Waals surface area contributed by atoms with Crippen molar-refractivity contribution < 1.29 is 14.5 Å². The highest BCUT2D eigenvalue weighted by Gasteiger charge is 2.35. The molecule has 0 atom stereocenters. The Morgan fingerprint density at radius 1 is 1.10 bits per heavy atom. The van der Waals surface area contributed by atoms with Crippen molar-refractivity contribution >= 4 is 34.7 Å². The molecule has 1 saturated heterocycles. The Morgan fingerprint density at radius 2 is 1.83 bits per heavy atom. The van der Waals surface area contributed by atoms with Gasteiger partial charge >= 0.3 is 0 Å².